The molecule has 1 aliphatic carbocycles. The highest BCUT2D eigenvalue weighted by atomic mass is 16.5. The molecule has 112 valence electrons. The van der Waals surface area contributed by atoms with E-state index < -0.39 is 0 Å². The average Bonchev–Trinajstić information content (AvgIpc) is 2.82. The minimum Gasteiger partial charge on any atom is -0.372 e. The molecule has 0 saturated heterocycles. The van der Waals surface area contributed by atoms with E-state index in [1.807, 2.05) is 10.9 Å². The van der Waals surface area contributed by atoms with Crippen LogP contribution in [0.4, 0.5) is 0 Å². The molecule has 6 nitrogen and oxygen atoms in total. The number of ether oxygens (including phenoxy) is 1. The molecule has 0 aliphatic heterocycles. The van der Waals surface area contributed by atoms with E-state index in [0.717, 1.165) is 25.0 Å². The van der Waals surface area contributed by atoms with Crippen molar-refractivity contribution < 1.29 is 9.53 Å². The highest BCUT2D eigenvalue weighted by molar-refractivity contribution is 5.77. The van der Waals surface area contributed by atoms with Gasteiger partial charge in [0.1, 0.15) is 12.3 Å². The number of hydrogen-bond acceptors (Lipinski definition) is 4. The maximum atomic E-state index is 11.6. The summed E-state index contributed by atoms with van der Waals surface area (Å²) in [5, 5.41) is 11.0. The van der Waals surface area contributed by atoms with Crippen molar-refractivity contribution in [3.05, 3.63) is 11.9 Å². The molecule has 1 fully saturated rings. The Balaban J connectivity index is 1.59. The lowest BCUT2D eigenvalue weighted by atomic mass is 9.93. The lowest BCUT2D eigenvalue weighted by Gasteiger charge is -2.24. The normalized spacial score (nSPS) is 15.1. The number of carbonyl (C=O) groups is 1. The van der Waals surface area contributed by atoms with Crippen LogP contribution in [0.1, 0.15) is 57.2 Å². The first-order valence-corrected chi connectivity index (χ1v) is 7.54. The second-order valence-corrected chi connectivity index (χ2v) is 5.31. The van der Waals surface area contributed by atoms with Gasteiger partial charge in [-0.2, -0.15) is 0 Å². The van der Waals surface area contributed by atoms with Crippen LogP contribution < -0.4 is 5.32 Å². The van der Waals surface area contributed by atoms with Crippen molar-refractivity contribution in [1.29, 1.82) is 0 Å². The van der Waals surface area contributed by atoms with Gasteiger partial charge in [0.25, 0.3) is 0 Å². The lowest BCUT2D eigenvalue weighted by Crippen LogP contribution is -2.27. The minimum atomic E-state index is -0.0975. The first kappa shape index (κ1) is 15.0. The van der Waals surface area contributed by atoms with Crippen LogP contribution >= 0.6 is 0 Å². The number of nitrogens with one attached hydrogen (secondary N) is 1. The summed E-state index contributed by atoms with van der Waals surface area (Å²) < 4.78 is 7.21. The number of carbonyl (C=O) groups excluding carboxylic acids is 1. The van der Waals surface area contributed by atoms with Crippen molar-refractivity contribution in [2.45, 2.75) is 58.0 Å². The molecule has 6 heteroatoms. The van der Waals surface area contributed by atoms with Gasteiger partial charge in [-0.3, -0.25) is 4.79 Å². The van der Waals surface area contributed by atoms with Crippen LogP contribution in [-0.4, -0.2) is 34.1 Å². The summed E-state index contributed by atoms with van der Waals surface area (Å²) in [5.41, 5.74) is 0.802. The van der Waals surface area contributed by atoms with Gasteiger partial charge in [-0.25, -0.2) is 4.68 Å². The molecule has 1 aliphatic rings. The molecule has 2 rings (SSSR count). The summed E-state index contributed by atoms with van der Waals surface area (Å²) in [4.78, 5) is 11.6. The van der Waals surface area contributed by atoms with Crippen molar-refractivity contribution in [2.75, 3.05) is 13.2 Å². The van der Waals surface area contributed by atoms with E-state index in [1.165, 1.54) is 19.3 Å². The highest BCUT2D eigenvalue weighted by Crippen LogP contribution is 2.30. The number of nitrogens with zero attached hydrogens (tertiary/aromatic N) is 3. The van der Waals surface area contributed by atoms with Gasteiger partial charge < -0.3 is 10.1 Å². The van der Waals surface area contributed by atoms with E-state index in [0.29, 0.717) is 19.2 Å². The van der Waals surface area contributed by atoms with Crippen molar-refractivity contribution in [1.82, 2.24) is 20.3 Å². The molecule has 0 aromatic carbocycles. The Bertz CT molecular complexity index is 415. The zero-order chi connectivity index (χ0) is 14.2. The summed E-state index contributed by atoms with van der Waals surface area (Å²) in [5.74, 6) is -0.0975. The Labute approximate surface area is 119 Å². The van der Waals surface area contributed by atoms with Crippen LogP contribution in [-0.2, 0) is 16.1 Å². The maximum Gasteiger partial charge on any atom is 0.246 e. The van der Waals surface area contributed by atoms with Gasteiger partial charge in [-0.15, -0.1) is 5.10 Å². The van der Waals surface area contributed by atoms with Crippen molar-refractivity contribution >= 4 is 5.91 Å². The Morgan fingerprint density at radius 1 is 1.50 bits per heavy atom. The summed E-state index contributed by atoms with van der Waals surface area (Å²) >= 11 is 0. The van der Waals surface area contributed by atoms with Gasteiger partial charge in [-0.1, -0.05) is 25.0 Å². The fourth-order valence-electron chi connectivity index (χ4n) is 2.08. The van der Waals surface area contributed by atoms with Gasteiger partial charge in [-0.05, 0) is 25.7 Å². The number of amides is 1. The monoisotopic (exact) mass is 280 g/mol. The smallest absolute Gasteiger partial charge is 0.246 e. The van der Waals surface area contributed by atoms with E-state index in [2.05, 4.69) is 22.6 Å². The Kier molecular flexibility index (Phi) is 5.98. The molecular weight excluding hydrogens is 256 g/mol. The predicted molar refractivity (Wildman–Crippen MR) is 75.1 cm³/mol. The molecule has 1 aromatic rings. The molecule has 1 saturated carbocycles. The van der Waals surface area contributed by atoms with Gasteiger partial charge in [0.15, 0.2) is 0 Å². The van der Waals surface area contributed by atoms with Crippen LogP contribution in [0.3, 0.4) is 0 Å². The van der Waals surface area contributed by atoms with Crippen molar-refractivity contribution in [3.8, 4) is 0 Å². The Morgan fingerprint density at radius 2 is 2.35 bits per heavy atom. The van der Waals surface area contributed by atoms with Gasteiger partial charge >= 0.3 is 0 Å². The van der Waals surface area contributed by atoms with E-state index in [9.17, 15) is 4.79 Å². The first-order valence-electron chi connectivity index (χ1n) is 7.54. The third kappa shape index (κ3) is 4.59. The van der Waals surface area contributed by atoms with Gasteiger partial charge in [0.05, 0.1) is 18.8 Å². The van der Waals surface area contributed by atoms with Crippen molar-refractivity contribution in [3.63, 3.8) is 0 Å². The molecule has 1 aromatic heterocycles. The molecule has 20 heavy (non-hydrogen) atoms. The van der Waals surface area contributed by atoms with E-state index in [4.69, 9.17) is 4.74 Å². The number of rotatable bonds is 9. The quantitative estimate of drug-likeness (QED) is 0.701. The van der Waals surface area contributed by atoms with Crippen LogP contribution in [0.15, 0.2) is 6.20 Å². The van der Waals surface area contributed by atoms with E-state index in [-0.39, 0.29) is 12.5 Å². The Hall–Kier alpha value is -1.43. The average molecular weight is 280 g/mol. The highest BCUT2D eigenvalue weighted by Gasteiger charge is 2.20. The summed E-state index contributed by atoms with van der Waals surface area (Å²) in [7, 11) is 0. The zero-order valence-electron chi connectivity index (χ0n) is 12.2. The van der Waals surface area contributed by atoms with Crippen LogP contribution in [0.2, 0.25) is 0 Å². The Morgan fingerprint density at radius 3 is 3.05 bits per heavy atom. The van der Waals surface area contributed by atoms with E-state index in [1.54, 1.807) is 0 Å². The molecule has 1 N–H and O–H groups in total. The van der Waals surface area contributed by atoms with Gasteiger partial charge in [0, 0.05) is 6.61 Å². The van der Waals surface area contributed by atoms with Crippen molar-refractivity contribution in [2.24, 2.45) is 0 Å². The molecule has 1 amide bonds. The molecule has 0 spiro atoms. The molecule has 0 atom stereocenters. The molecular formula is C14H24N4O2. The summed E-state index contributed by atoms with van der Waals surface area (Å²) in [6.07, 6.45) is 8.87. The summed E-state index contributed by atoms with van der Waals surface area (Å²) in [6.45, 7) is 3.34. The molecule has 1 heterocycles. The lowest BCUT2D eigenvalue weighted by molar-refractivity contribution is -0.125. The second-order valence-electron chi connectivity index (χ2n) is 5.31. The maximum absolute atomic E-state index is 11.6. The largest absolute Gasteiger partial charge is 0.372 e. The zero-order valence-corrected chi connectivity index (χ0v) is 12.2. The number of aromatic nitrogens is 3. The number of hydrogen-bond donors (Lipinski definition) is 1. The van der Waals surface area contributed by atoms with Gasteiger partial charge in [0.2, 0.25) is 5.91 Å². The molecule has 0 radical (unpaired) electrons. The van der Waals surface area contributed by atoms with E-state index >= 15 is 0 Å². The van der Waals surface area contributed by atoms with Crippen LogP contribution in [0, 0.1) is 0 Å². The third-order valence-electron chi connectivity index (χ3n) is 3.60. The fraction of sp³-hybridized carbons (Fsp3) is 0.786. The first-order chi connectivity index (χ1) is 9.79. The van der Waals surface area contributed by atoms with Crippen LogP contribution in [0.5, 0.6) is 0 Å². The standard InChI is InChI=1S/C14H24N4O2/c1-2-3-4-8-20-11-14(19)15-9-12-10-18(17-16-12)13-6-5-7-13/h10,13H,2-9,11H2,1H3,(H,15,19). The molecule has 0 bridgehead atoms. The van der Waals surface area contributed by atoms with Crippen LogP contribution in [0.25, 0.3) is 0 Å². The predicted octanol–water partition coefficient (Wildman–Crippen LogP) is 1.83. The minimum absolute atomic E-state index is 0.0975. The third-order valence-corrected chi connectivity index (χ3v) is 3.60. The SMILES string of the molecule is CCCCCOCC(=O)NCc1cn(C2CCC2)nn1. The topological polar surface area (TPSA) is 69.0 Å². The second kappa shape index (κ2) is 7.99. The number of unbranched alkanes of at least 4 members (excludes halogenated alkanes) is 2. The fourth-order valence-corrected chi connectivity index (χ4v) is 2.08. The summed E-state index contributed by atoms with van der Waals surface area (Å²) in [6, 6.07) is 0.508. The molecule has 0 unspecified atom stereocenters.